The van der Waals surface area contributed by atoms with Gasteiger partial charge < -0.3 is 15.1 Å². The number of anilines is 3. The number of rotatable bonds is 3. The SMILES string of the molecule is CC(=O)N1CCN(c2cc(C)nc(Nc3ccc(C)c(Cl)c3)n2)CC1. The molecule has 0 aliphatic carbocycles. The van der Waals surface area contributed by atoms with E-state index in [9.17, 15) is 4.79 Å². The van der Waals surface area contributed by atoms with Crippen molar-refractivity contribution in [1.29, 1.82) is 0 Å². The Morgan fingerprint density at radius 3 is 2.48 bits per heavy atom. The lowest BCUT2D eigenvalue weighted by Crippen LogP contribution is -2.48. The van der Waals surface area contributed by atoms with Crippen LogP contribution in [0.4, 0.5) is 17.5 Å². The van der Waals surface area contributed by atoms with Crippen LogP contribution in [0.1, 0.15) is 18.2 Å². The minimum Gasteiger partial charge on any atom is -0.353 e. The van der Waals surface area contributed by atoms with Crippen LogP contribution in [-0.4, -0.2) is 47.0 Å². The molecule has 0 atom stereocenters. The van der Waals surface area contributed by atoms with Gasteiger partial charge in [0.15, 0.2) is 0 Å². The maximum absolute atomic E-state index is 11.5. The number of amides is 1. The highest BCUT2D eigenvalue weighted by Crippen LogP contribution is 2.23. The standard InChI is InChI=1S/C18H22ClN5O/c1-12-4-5-15(11-16(12)19)21-18-20-13(2)10-17(22-18)24-8-6-23(7-9-24)14(3)25/h4-5,10-11H,6-9H2,1-3H3,(H,20,21,22). The second-order valence-corrected chi connectivity index (χ2v) is 6.68. The lowest BCUT2D eigenvalue weighted by Gasteiger charge is -2.35. The summed E-state index contributed by atoms with van der Waals surface area (Å²) in [4.78, 5) is 24.6. The molecule has 2 heterocycles. The van der Waals surface area contributed by atoms with Crippen LogP contribution in [0.3, 0.4) is 0 Å². The van der Waals surface area contributed by atoms with Crippen LogP contribution in [0.25, 0.3) is 0 Å². The van der Waals surface area contributed by atoms with Gasteiger partial charge in [-0.1, -0.05) is 17.7 Å². The number of hydrogen-bond donors (Lipinski definition) is 1. The van der Waals surface area contributed by atoms with E-state index in [0.29, 0.717) is 24.1 Å². The first kappa shape index (κ1) is 17.5. The van der Waals surface area contributed by atoms with Crippen molar-refractivity contribution in [3.63, 3.8) is 0 Å². The Hall–Kier alpha value is -2.34. The molecule has 7 heteroatoms. The Bertz CT molecular complexity index is 787. The summed E-state index contributed by atoms with van der Waals surface area (Å²) in [6.07, 6.45) is 0. The monoisotopic (exact) mass is 359 g/mol. The Labute approximate surface area is 152 Å². The molecule has 1 fully saturated rings. The van der Waals surface area contributed by atoms with Crippen molar-refractivity contribution in [2.45, 2.75) is 20.8 Å². The van der Waals surface area contributed by atoms with Gasteiger partial charge in [-0.05, 0) is 31.5 Å². The molecule has 2 aromatic rings. The minimum atomic E-state index is 0.122. The van der Waals surface area contributed by atoms with E-state index in [1.807, 2.05) is 43.0 Å². The quantitative estimate of drug-likeness (QED) is 0.912. The zero-order valence-corrected chi connectivity index (χ0v) is 15.5. The lowest BCUT2D eigenvalue weighted by atomic mass is 10.2. The van der Waals surface area contributed by atoms with E-state index in [2.05, 4.69) is 20.2 Å². The molecule has 1 aliphatic heterocycles. The molecular weight excluding hydrogens is 338 g/mol. The first-order chi connectivity index (χ1) is 11.9. The number of nitrogens with zero attached hydrogens (tertiary/aromatic N) is 4. The van der Waals surface area contributed by atoms with Crippen molar-refractivity contribution in [3.8, 4) is 0 Å². The fourth-order valence-corrected chi connectivity index (χ4v) is 3.00. The molecule has 0 spiro atoms. The summed E-state index contributed by atoms with van der Waals surface area (Å²) in [7, 11) is 0. The fourth-order valence-electron chi connectivity index (χ4n) is 2.82. The van der Waals surface area contributed by atoms with Crippen LogP contribution in [0.15, 0.2) is 24.3 Å². The van der Waals surface area contributed by atoms with E-state index in [1.165, 1.54) is 0 Å². The number of nitrogens with one attached hydrogen (secondary N) is 1. The molecule has 3 rings (SSSR count). The second kappa shape index (κ2) is 7.27. The van der Waals surface area contributed by atoms with E-state index >= 15 is 0 Å². The van der Waals surface area contributed by atoms with Crippen molar-refractivity contribution in [1.82, 2.24) is 14.9 Å². The lowest BCUT2D eigenvalue weighted by molar-refractivity contribution is -0.129. The van der Waals surface area contributed by atoms with Crippen LogP contribution in [0.5, 0.6) is 0 Å². The number of carbonyl (C=O) groups excluding carboxylic acids is 1. The van der Waals surface area contributed by atoms with Gasteiger partial charge >= 0.3 is 0 Å². The minimum absolute atomic E-state index is 0.122. The van der Waals surface area contributed by atoms with Gasteiger partial charge in [0.25, 0.3) is 0 Å². The number of aryl methyl sites for hydroxylation is 2. The van der Waals surface area contributed by atoms with Gasteiger partial charge in [0.1, 0.15) is 5.82 Å². The summed E-state index contributed by atoms with van der Waals surface area (Å²) >= 11 is 6.18. The van der Waals surface area contributed by atoms with E-state index in [4.69, 9.17) is 11.6 Å². The maximum Gasteiger partial charge on any atom is 0.229 e. The van der Waals surface area contributed by atoms with Crippen molar-refractivity contribution in [2.75, 3.05) is 36.4 Å². The molecule has 1 aliphatic rings. The Morgan fingerprint density at radius 1 is 1.12 bits per heavy atom. The first-order valence-corrected chi connectivity index (χ1v) is 8.69. The van der Waals surface area contributed by atoms with Crippen LogP contribution in [0, 0.1) is 13.8 Å². The van der Waals surface area contributed by atoms with Crippen molar-refractivity contribution in [3.05, 3.63) is 40.5 Å². The third-order valence-electron chi connectivity index (χ3n) is 4.32. The Kier molecular flexibility index (Phi) is 5.08. The van der Waals surface area contributed by atoms with Gasteiger partial charge in [-0.15, -0.1) is 0 Å². The van der Waals surface area contributed by atoms with E-state index in [1.54, 1.807) is 6.92 Å². The predicted molar refractivity (Wildman–Crippen MR) is 101 cm³/mol. The maximum atomic E-state index is 11.5. The van der Waals surface area contributed by atoms with Gasteiger partial charge in [0.2, 0.25) is 11.9 Å². The Morgan fingerprint density at radius 2 is 1.84 bits per heavy atom. The number of carbonyl (C=O) groups is 1. The van der Waals surface area contributed by atoms with Crippen molar-refractivity contribution < 1.29 is 4.79 Å². The molecule has 6 nitrogen and oxygen atoms in total. The largest absolute Gasteiger partial charge is 0.353 e. The number of aromatic nitrogens is 2. The number of hydrogen-bond acceptors (Lipinski definition) is 5. The molecular formula is C18H22ClN5O. The van der Waals surface area contributed by atoms with E-state index in [-0.39, 0.29) is 5.91 Å². The third kappa shape index (κ3) is 4.20. The molecule has 132 valence electrons. The summed E-state index contributed by atoms with van der Waals surface area (Å²) < 4.78 is 0. The third-order valence-corrected chi connectivity index (χ3v) is 4.72. The highest BCUT2D eigenvalue weighted by Gasteiger charge is 2.20. The van der Waals surface area contributed by atoms with Gasteiger partial charge in [-0.25, -0.2) is 4.98 Å². The molecule has 0 radical (unpaired) electrons. The summed E-state index contributed by atoms with van der Waals surface area (Å²) in [5, 5.41) is 3.93. The molecule has 0 saturated carbocycles. The Balaban J connectivity index is 1.76. The van der Waals surface area contributed by atoms with Gasteiger partial charge in [-0.3, -0.25) is 4.79 Å². The molecule has 1 saturated heterocycles. The summed E-state index contributed by atoms with van der Waals surface area (Å²) in [5.41, 5.74) is 2.77. The molecule has 0 unspecified atom stereocenters. The zero-order chi connectivity index (χ0) is 18.0. The molecule has 25 heavy (non-hydrogen) atoms. The van der Waals surface area contributed by atoms with Crippen molar-refractivity contribution in [2.24, 2.45) is 0 Å². The fraction of sp³-hybridized carbons (Fsp3) is 0.389. The average Bonchev–Trinajstić information content (AvgIpc) is 2.58. The zero-order valence-electron chi connectivity index (χ0n) is 14.7. The smallest absolute Gasteiger partial charge is 0.229 e. The molecule has 1 aromatic carbocycles. The van der Waals surface area contributed by atoms with Gasteiger partial charge in [0.05, 0.1) is 0 Å². The number of piperazine rings is 1. The van der Waals surface area contributed by atoms with E-state index < -0.39 is 0 Å². The topological polar surface area (TPSA) is 61.4 Å². The average molecular weight is 360 g/mol. The summed E-state index contributed by atoms with van der Waals surface area (Å²) in [6.45, 7) is 8.50. The van der Waals surface area contributed by atoms with Crippen LogP contribution in [0.2, 0.25) is 5.02 Å². The molecule has 1 amide bonds. The highest BCUT2D eigenvalue weighted by atomic mass is 35.5. The molecule has 1 N–H and O–H groups in total. The van der Waals surface area contributed by atoms with Crippen LogP contribution < -0.4 is 10.2 Å². The number of benzene rings is 1. The van der Waals surface area contributed by atoms with Gasteiger partial charge in [-0.2, -0.15) is 4.98 Å². The van der Waals surface area contributed by atoms with Crippen LogP contribution in [-0.2, 0) is 4.79 Å². The molecule has 1 aromatic heterocycles. The second-order valence-electron chi connectivity index (χ2n) is 6.27. The van der Waals surface area contributed by atoms with E-state index in [0.717, 1.165) is 35.9 Å². The number of halogens is 1. The van der Waals surface area contributed by atoms with Crippen LogP contribution >= 0.6 is 11.6 Å². The predicted octanol–water partition coefficient (Wildman–Crippen LogP) is 3.16. The summed E-state index contributed by atoms with van der Waals surface area (Å²) in [6, 6.07) is 7.76. The normalized spacial score (nSPS) is 14.6. The van der Waals surface area contributed by atoms with Crippen molar-refractivity contribution >= 4 is 35.0 Å². The van der Waals surface area contributed by atoms with Gasteiger partial charge in [0, 0.05) is 55.6 Å². The summed E-state index contributed by atoms with van der Waals surface area (Å²) in [5.74, 6) is 1.54. The molecule has 0 bridgehead atoms. The highest BCUT2D eigenvalue weighted by molar-refractivity contribution is 6.31. The first-order valence-electron chi connectivity index (χ1n) is 8.32.